The summed E-state index contributed by atoms with van der Waals surface area (Å²) in [5.41, 5.74) is 1.85. The molecule has 8 nitrogen and oxygen atoms in total. The van der Waals surface area contributed by atoms with E-state index in [1.807, 2.05) is 0 Å². The smallest absolute Gasteiger partial charge is 0.355 e. The summed E-state index contributed by atoms with van der Waals surface area (Å²) in [7, 11) is -3.58. The summed E-state index contributed by atoms with van der Waals surface area (Å²) in [5.74, 6) is -0.713. The molecule has 1 fully saturated rings. The number of benzene rings is 1. The second kappa shape index (κ2) is 8.38. The average molecular weight is 420 g/mol. The molecule has 0 unspecified atom stereocenters. The van der Waals surface area contributed by atoms with Gasteiger partial charge in [0, 0.05) is 31.9 Å². The molecule has 1 saturated heterocycles. The molecule has 0 atom stereocenters. The maximum atomic E-state index is 13.0. The maximum Gasteiger partial charge on any atom is 0.355 e. The van der Waals surface area contributed by atoms with E-state index in [2.05, 4.69) is 4.98 Å². The van der Waals surface area contributed by atoms with E-state index in [-0.39, 0.29) is 49.3 Å². The Bertz CT molecular complexity index is 1010. The van der Waals surface area contributed by atoms with Crippen molar-refractivity contribution in [3.8, 4) is 0 Å². The van der Waals surface area contributed by atoms with Crippen molar-refractivity contribution in [3.05, 3.63) is 52.8 Å². The molecule has 0 bridgehead atoms. The monoisotopic (exact) mass is 419 g/mol. The zero-order valence-electron chi connectivity index (χ0n) is 16.8. The molecule has 1 amide bonds. The molecule has 156 valence electrons. The number of H-pyrrole nitrogens is 1. The maximum absolute atomic E-state index is 13.0. The minimum atomic E-state index is -3.58. The van der Waals surface area contributed by atoms with Gasteiger partial charge >= 0.3 is 5.97 Å². The van der Waals surface area contributed by atoms with Gasteiger partial charge in [-0.2, -0.15) is 4.31 Å². The van der Waals surface area contributed by atoms with Gasteiger partial charge in [-0.3, -0.25) is 4.79 Å². The Morgan fingerprint density at radius 2 is 1.69 bits per heavy atom. The normalized spacial score (nSPS) is 15.3. The molecule has 1 aliphatic rings. The minimum Gasteiger partial charge on any atom is -0.461 e. The number of rotatable bonds is 5. The van der Waals surface area contributed by atoms with Crippen LogP contribution in [0.1, 0.15) is 39.0 Å². The third kappa shape index (κ3) is 4.06. The summed E-state index contributed by atoms with van der Waals surface area (Å²) in [6.45, 7) is 6.41. The molecule has 29 heavy (non-hydrogen) atoms. The Labute approximate surface area is 170 Å². The molecule has 1 aromatic carbocycles. The Morgan fingerprint density at radius 1 is 1.07 bits per heavy atom. The van der Waals surface area contributed by atoms with Crippen molar-refractivity contribution in [2.45, 2.75) is 25.7 Å². The highest BCUT2D eigenvalue weighted by Gasteiger charge is 2.32. The first-order valence-corrected chi connectivity index (χ1v) is 10.9. The van der Waals surface area contributed by atoms with Crippen molar-refractivity contribution in [2.75, 3.05) is 32.8 Å². The van der Waals surface area contributed by atoms with E-state index in [0.29, 0.717) is 16.8 Å². The van der Waals surface area contributed by atoms with Gasteiger partial charge in [0.1, 0.15) is 5.69 Å². The first-order chi connectivity index (χ1) is 13.8. The Kier molecular flexibility index (Phi) is 6.09. The van der Waals surface area contributed by atoms with E-state index in [0.717, 1.165) is 0 Å². The largest absolute Gasteiger partial charge is 0.461 e. The number of hydrogen-bond acceptors (Lipinski definition) is 5. The highest BCUT2D eigenvalue weighted by molar-refractivity contribution is 7.89. The fourth-order valence-electron chi connectivity index (χ4n) is 3.51. The van der Waals surface area contributed by atoms with Gasteiger partial charge in [-0.15, -0.1) is 0 Å². The van der Waals surface area contributed by atoms with Gasteiger partial charge in [-0.1, -0.05) is 18.2 Å². The van der Waals surface area contributed by atoms with Crippen LogP contribution >= 0.6 is 0 Å². The number of aromatic nitrogens is 1. The number of nitrogens with one attached hydrogen (secondary N) is 1. The molecule has 0 aliphatic carbocycles. The first kappa shape index (κ1) is 21.1. The number of piperazine rings is 1. The summed E-state index contributed by atoms with van der Waals surface area (Å²) >= 11 is 0. The second-order valence-corrected chi connectivity index (χ2v) is 8.79. The number of aromatic amines is 1. The van der Waals surface area contributed by atoms with Crippen molar-refractivity contribution in [2.24, 2.45) is 0 Å². The van der Waals surface area contributed by atoms with E-state index in [1.54, 1.807) is 56.0 Å². The summed E-state index contributed by atoms with van der Waals surface area (Å²) in [4.78, 5) is 29.9. The number of hydrogen-bond donors (Lipinski definition) is 1. The molecule has 0 radical (unpaired) electrons. The second-order valence-electron chi connectivity index (χ2n) is 6.85. The Hall–Kier alpha value is -2.65. The minimum absolute atomic E-state index is 0.218. The molecule has 1 N–H and O–H groups in total. The number of ether oxygens (including phenoxy) is 1. The molecule has 3 rings (SSSR count). The predicted molar refractivity (Wildman–Crippen MR) is 107 cm³/mol. The van der Waals surface area contributed by atoms with Crippen LogP contribution in [-0.4, -0.2) is 67.3 Å². The number of aryl methyl sites for hydroxylation is 1. The average Bonchev–Trinajstić information content (AvgIpc) is 3.02. The van der Waals surface area contributed by atoms with Crippen LogP contribution in [0.15, 0.2) is 35.2 Å². The fourth-order valence-corrected chi connectivity index (χ4v) is 4.95. The van der Waals surface area contributed by atoms with E-state index >= 15 is 0 Å². The fraction of sp³-hybridized carbons (Fsp3) is 0.400. The van der Waals surface area contributed by atoms with Crippen LogP contribution in [-0.2, 0) is 14.8 Å². The van der Waals surface area contributed by atoms with Gasteiger partial charge < -0.3 is 14.6 Å². The van der Waals surface area contributed by atoms with Crippen LogP contribution in [0.4, 0.5) is 0 Å². The van der Waals surface area contributed by atoms with E-state index in [4.69, 9.17) is 4.74 Å². The SMILES string of the molecule is CCOC(=O)c1[nH]c(C)c(C(=O)N2CCN(S(=O)(=O)c3ccccc3)CC2)c1C. The molecular formula is C20H25N3O5S. The summed E-state index contributed by atoms with van der Waals surface area (Å²) in [6.07, 6.45) is 0. The summed E-state index contributed by atoms with van der Waals surface area (Å²) in [5, 5.41) is 0. The lowest BCUT2D eigenvalue weighted by Gasteiger charge is -2.34. The van der Waals surface area contributed by atoms with Crippen molar-refractivity contribution in [3.63, 3.8) is 0 Å². The van der Waals surface area contributed by atoms with Gasteiger partial charge in [0.2, 0.25) is 10.0 Å². The number of carbonyl (C=O) groups is 2. The van der Waals surface area contributed by atoms with Crippen LogP contribution in [0.25, 0.3) is 0 Å². The Balaban J connectivity index is 1.73. The molecule has 2 heterocycles. The van der Waals surface area contributed by atoms with Crippen molar-refractivity contribution >= 4 is 21.9 Å². The predicted octanol–water partition coefficient (Wildman–Crippen LogP) is 1.95. The lowest BCUT2D eigenvalue weighted by atomic mass is 10.1. The van der Waals surface area contributed by atoms with Gasteiger partial charge in [-0.25, -0.2) is 13.2 Å². The third-order valence-corrected chi connectivity index (χ3v) is 6.95. The Morgan fingerprint density at radius 3 is 2.28 bits per heavy atom. The van der Waals surface area contributed by atoms with Gasteiger partial charge in [0.15, 0.2) is 0 Å². The summed E-state index contributed by atoms with van der Waals surface area (Å²) < 4.78 is 31.9. The number of sulfonamides is 1. The van der Waals surface area contributed by atoms with Crippen LogP contribution in [0.2, 0.25) is 0 Å². The van der Waals surface area contributed by atoms with Crippen LogP contribution in [0, 0.1) is 13.8 Å². The zero-order chi connectivity index (χ0) is 21.2. The molecule has 1 aliphatic heterocycles. The van der Waals surface area contributed by atoms with E-state index in [9.17, 15) is 18.0 Å². The van der Waals surface area contributed by atoms with Gasteiger partial charge in [0.05, 0.1) is 17.1 Å². The van der Waals surface area contributed by atoms with Crippen molar-refractivity contribution in [1.82, 2.24) is 14.2 Å². The quantitative estimate of drug-likeness (QED) is 0.747. The number of amides is 1. The van der Waals surface area contributed by atoms with Crippen LogP contribution in [0.5, 0.6) is 0 Å². The van der Waals surface area contributed by atoms with Crippen molar-refractivity contribution in [1.29, 1.82) is 0 Å². The standard InChI is InChI=1S/C20H25N3O5S/c1-4-28-20(25)18-14(2)17(15(3)21-18)19(24)22-10-12-23(13-11-22)29(26,27)16-8-6-5-7-9-16/h5-9,21H,4,10-13H2,1-3H3. The molecule has 9 heteroatoms. The van der Waals surface area contributed by atoms with E-state index < -0.39 is 16.0 Å². The number of esters is 1. The van der Waals surface area contributed by atoms with Gasteiger partial charge in [-0.05, 0) is 38.5 Å². The molecule has 0 saturated carbocycles. The van der Waals surface area contributed by atoms with Crippen LogP contribution < -0.4 is 0 Å². The topological polar surface area (TPSA) is 99.8 Å². The molecule has 2 aromatic rings. The zero-order valence-corrected chi connectivity index (χ0v) is 17.6. The summed E-state index contributed by atoms with van der Waals surface area (Å²) in [6, 6.07) is 8.27. The number of nitrogens with zero attached hydrogens (tertiary/aromatic N) is 2. The molecule has 0 spiro atoms. The van der Waals surface area contributed by atoms with E-state index in [1.165, 1.54) is 4.31 Å². The lowest BCUT2D eigenvalue weighted by Crippen LogP contribution is -2.50. The molecular weight excluding hydrogens is 394 g/mol. The number of carbonyl (C=O) groups excluding carboxylic acids is 2. The molecule has 1 aromatic heterocycles. The lowest BCUT2D eigenvalue weighted by molar-refractivity contribution is 0.0519. The first-order valence-electron chi connectivity index (χ1n) is 9.48. The van der Waals surface area contributed by atoms with Crippen LogP contribution in [0.3, 0.4) is 0 Å². The third-order valence-electron chi connectivity index (χ3n) is 5.04. The highest BCUT2D eigenvalue weighted by atomic mass is 32.2. The van der Waals surface area contributed by atoms with Crippen molar-refractivity contribution < 1.29 is 22.7 Å². The highest BCUT2D eigenvalue weighted by Crippen LogP contribution is 2.23. The van der Waals surface area contributed by atoms with Gasteiger partial charge in [0.25, 0.3) is 5.91 Å².